The van der Waals surface area contributed by atoms with E-state index in [1.54, 1.807) is 6.33 Å². The van der Waals surface area contributed by atoms with Gasteiger partial charge in [0.2, 0.25) is 5.95 Å². The van der Waals surface area contributed by atoms with Crippen molar-refractivity contribution in [1.82, 2.24) is 14.8 Å². The van der Waals surface area contributed by atoms with Crippen LogP contribution in [0.25, 0.3) is 10.8 Å². The number of hydrogen-bond donors (Lipinski definition) is 1. The maximum atomic E-state index is 12.9. The summed E-state index contributed by atoms with van der Waals surface area (Å²) in [5, 5.41) is 10.1. The number of aromatic nitrogens is 3. The van der Waals surface area contributed by atoms with Crippen LogP contribution < -0.4 is 5.32 Å². The number of carbonyl (C=O) groups excluding carboxylic acids is 1. The highest BCUT2D eigenvalue weighted by Gasteiger charge is 2.38. The molecule has 0 radical (unpaired) electrons. The van der Waals surface area contributed by atoms with Gasteiger partial charge >= 0.3 is 0 Å². The summed E-state index contributed by atoms with van der Waals surface area (Å²) in [4.78, 5) is 17.3. The summed E-state index contributed by atoms with van der Waals surface area (Å²) in [5.41, 5.74) is 2.94. The average Bonchev–Trinajstić information content (AvgIpc) is 3.07. The first-order valence-corrected chi connectivity index (χ1v) is 8.63. The van der Waals surface area contributed by atoms with E-state index in [1.165, 1.54) is 5.39 Å². The van der Waals surface area contributed by atoms with Crippen molar-refractivity contribution in [3.8, 4) is 0 Å². The second kappa shape index (κ2) is 5.28. The lowest BCUT2D eigenvalue weighted by Crippen LogP contribution is -2.33. The van der Waals surface area contributed by atoms with Crippen LogP contribution >= 0.6 is 0 Å². The summed E-state index contributed by atoms with van der Waals surface area (Å²) >= 11 is 0. The zero-order valence-electron chi connectivity index (χ0n) is 13.9. The van der Waals surface area contributed by atoms with Crippen LogP contribution in [0.15, 0.2) is 60.1 Å². The number of hydrogen-bond acceptors (Lipinski definition) is 4. The normalized spacial score (nSPS) is 22.5. The molecular formula is C20H18N4O. The van der Waals surface area contributed by atoms with Crippen LogP contribution in [-0.4, -0.2) is 20.5 Å². The third-order valence-electron chi connectivity index (χ3n) is 5.18. The van der Waals surface area contributed by atoms with Crippen molar-refractivity contribution in [2.24, 2.45) is 5.92 Å². The van der Waals surface area contributed by atoms with E-state index in [0.29, 0.717) is 18.3 Å². The molecule has 1 aliphatic carbocycles. The third-order valence-corrected chi connectivity index (χ3v) is 5.18. The Balaban J connectivity index is 1.79. The molecule has 0 spiro atoms. The molecule has 25 heavy (non-hydrogen) atoms. The first-order valence-electron chi connectivity index (χ1n) is 8.63. The van der Waals surface area contributed by atoms with Crippen molar-refractivity contribution in [2.75, 3.05) is 5.32 Å². The Morgan fingerprint density at radius 3 is 2.88 bits per heavy atom. The van der Waals surface area contributed by atoms with Crippen molar-refractivity contribution in [2.45, 2.75) is 25.8 Å². The molecule has 5 rings (SSSR count). The van der Waals surface area contributed by atoms with Gasteiger partial charge in [-0.2, -0.15) is 10.1 Å². The van der Waals surface area contributed by atoms with Gasteiger partial charge in [-0.25, -0.2) is 4.68 Å². The molecule has 3 aromatic rings. The summed E-state index contributed by atoms with van der Waals surface area (Å²) in [6, 6.07) is 14.3. The van der Waals surface area contributed by atoms with Gasteiger partial charge in [-0.1, -0.05) is 49.4 Å². The molecule has 1 N–H and O–H groups in total. The van der Waals surface area contributed by atoms with Crippen LogP contribution in [0.5, 0.6) is 0 Å². The van der Waals surface area contributed by atoms with Crippen molar-refractivity contribution < 1.29 is 4.79 Å². The lowest BCUT2D eigenvalue weighted by Gasteiger charge is -2.34. The van der Waals surface area contributed by atoms with E-state index in [4.69, 9.17) is 0 Å². The number of nitrogens with one attached hydrogen (secondary N) is 1. The molecule has 5 heteroatoms. The maximum Gasteiger partial charge on any atom is 0.226 e. The first-order chi connectivity index (χ1) is 12.2. The number of carbonyl (C=O) groups is 1. The van der Waals surface area contributed by atoms with Gasteiger partial charge in [0.15, 0.2) is 5.78 Å². The Morgan fingerprint density at radius 1 is 1.12 bits per heavy atom. The monoisotopic (exact) mass is 330 g/mol. The average molecular weight is 330 g/mol. The molecule has 2 aliphatic rings. The molecule has 2 heterocycles. The largest absolute Gasteiger partial charge is 0.328 e. The van der Waals surface area contributed by atoms with Gasteiger partial charge in [-0.3, -0.25) is 4.79 Å². The number of ketones is 1. The van der Waals surface area contributed by atoms with Crippen molar-refractivity contribution in [3.05, 3.63) is 65.6 Å². The Hall–Kier alpha value is -2.95. The molecule has 0 fully saturated rings. The molecule has 1 aromatic heterocycles. The van der Waals surface area contributed by atoms with E-state index >= 15 is 0 Å². The first kappa shape index (κ1) is 14.4. The third kappa shape index (κ3) is 2.12. The van der Waals surface area contributed by atoms with Crippen LogP contribution in [0.3, 0.4) is 0 Å². The highest BCUT2D eigenvalue weighted by molar-refractivity contribution is 6.00. The molecule has 2 aromatic carbocycles. The number of nitrogens with zero attached hydrogens (tertiary/aromatic N) is 3. The molecule has 1 aliphatic heterocycles. The SMILES string of the molecule is C[C@H]1CC(=O)C2=C(C1)Nc1ncnn1[C@H]2c1cccc2ccccc12. The minimum absolute atomic E-state index is 0.209. The molecule has 124 valence electrons. The van der Waals surface area contributed by atoms with E-state index in [9.17, 15) is 4.79 Å². The lowest BCUT2D eigenvalue weighted by molar-refractivity contribution is -0.117. The van der Waals surface area contributed by atoms with Crippen LogP contribution in [0.4, 0.5) is 5.95 Å². The van der Waals surface area contributed by atoms with Crippen LogP contribution in [0.2, 0.25) is 0 Å². The van der Waals surface area contributed by atoms with Crippen molar-refractivity contribution in [3.63, 3.8) is 0 Å². The van der Waals surface area contributed by atoms with Crippen LogP contribution in [0, 0.1) is 5.92 Å². The van der Waals surface area contributed by atoms with Crippen molar-refractivity contribution in [1.29, 1.82) is 0 Å². The highest BCUT2D eigenvalue weighted by Crippen LogP contribution is 2.42. The van der Waals surface area contributed by atoms with Gasteiger partial charge in [0.1, 0.15) is 12.4 Å². The minimum atomic E-state index is -0.222. The van der Waals surface area contributed by atoms with Crippen LogP contribution in [0.1, 0.15) is 31.4 Å². The van der Waals surface area contributed by atoms with Gasteiger partial charge in [0.05, 0.1) is 0 Å². The summed E-state index contributed by atoms with van der Waals surface area (Å²) in [5.74, 6) is 1.26. The topological polar surface area (TPSA) is 59.8 Å². The highest BCUT2D eigenvalue weighted by atomic mass is 16.1. The lowest BCUT2D eigenvalue weighted by atomic mass is 9.80. The predicted molar refractivity (Wildman–Crippen MR) is 96.2 cm³/mol. The number of Topliss-reactive ketones (excluding diaryl/α,β-unsaturated/α-hetero) is 1. The Morgan fingerprint density at radius 2 is 1.96 bits per heavy atom. The van der Waals surface area contributed by atoms with Crippen LogP contribution in [-0.2, 0) is 4.79 Å². The van der Waals surface area contributed by atoms with Gasteiger partial charge < -0.3 is 5.32 Å². The molecule has 0 bridgehead atoms. The summed E-state index contributed by atoms with van der Waals surface area (Å²) in [7, 11) is 0. The Bertz CT molecular complexity index is 1030. The maximum absolute atomic E-state index is 12.9. The van der Waals surface area contributed by atoms with E-state index in [2.05, 4.69) is 46.6 Å². The quantitative estimate of drug-likeness (QED) is 0.739. The Labute approximate surface area is 145 Å². The summed E-state index contributed by atoms with van der Waals surface area (Å²) in [6.45, 7) is 2.12. The smallest absolute Gasteiger partial charge is 0.226 e. The second-order valence-electron chi connectivity index (χ2n) is 6.95. The van der Waals surface area contributed by atoms with Gasteiger partial charge in [0.25, 0.3) is 0 Å². The van der Waals surface area contributed by atoms with Crippen molar-refractivity contribution >= 4 is 22.5 Å². The zero-order chi connectivity index (χ0) is 17.0. The van der Waals surface area contributed by atoms with Gasteiger partial charge in [-0.15, -0.1) is 0 Å². The summed E-state index contributed by atoms with van der Waals surface area (Å²) < 4.78 is 1.84. The predicted octanol–water partition coefficient (Wildman–Crippen LogP) is 3.70. The molecule has 0 saturated carbocycles. The molecule has 0 unspecified atom stereocenters. The number of anilines is 1. The van der Waals surface area contributed by atoms with Gasteiger partial charge in [0, 0.05) is 17.7 Å². The number of allylic oxidation sites excluding steroid dienone is 2. The second-order valence-corrected chi connectivity index (χ2v) is 6.95. The minimum Gasteiger partial charge on any atom is -0.328 e. The molecule has 2 atom stereocenters. The standard InChI is InChI=1S/C20H18N4O/c1-12-9-16-18(17(25)10-12)19(24-20(23-16)21-11-22-24)15-8-4-6-13-5-2-3-7-14(13)15/h2-8,11-12,19H,9-10H2,1H3,(H,21,22,23)/t12-,19+/m1/s1. The molecular weight excluding hydrogens is 312 g/mol. The molecule has 0 amide bonds. The van der Waals surface area contributed by atoms with E-state index < -0.39 is 0 Å². The fourth-order valence-electron chi connectivity index (χ4n) is 4.12. The summed E-state index contributed by atoms with van der Waals surface area (Å²) in [6.07, 6.45) is 3.01. The van der Waals surface area contributed by atoms with Gasteiger partial charge in [-0.05, 0) is 28.7 Å². The Kier molecular flexibility index (Phi) is 3.04. The van der Waals surface area contributed by atoms with E-state index in [1.807, 2.05) is 22.9 Å². The zero-order valence-corrected chi connectivity index (χ0v) is 13.9. The number of rotatable bonds is 1. The number of fused-ring (bicyclic) bond motifs is 2. The fraction of sp³-hybridized carbons (Fsp3) is 0.250. The van der Waals surface area contributed by atoms with E-state index in [0.717, 1.165) is 28.6 Å². The van der Waals surface area contributed by atoms with E-state index in [-0.39, 0.29) is 11.8 Å². The molecule has 0 saturated heterocycles. The fourth-order valence-corrected chi connectivity index (χ4v) is 4.12. The number of benzene rings is 2. The molecule has 5 nitrogen and oxygen atoms in total.